The van der Waals surface area contributed by atoms with Gasteiger partial charge in [0.25, 0.3) is 0 Å². The smallest absolute Gasteiger partial charge is 0.243 e. The normalized spacial score (nSPS) is 18.4. The van der Waals surface area contributed by atoms with Crippen LogP contribution in [-0.4, -0.2) is 39.0 Å². The first-order valence-electron chi connectivity index (χ1n) is 5.13. The summed E-state index contributed by atoms with van der Waals surface area (Å²) in [6, 6.07) is 6.90. The second-order valence-corrected chi connectivity index (χ2v) is 5.93. The van der Waals surface area contributed by atoms with E-state index < -0.39 is 10.0 Å². The molecule has 1 saturated heterocycles. The van der Waals surface area contributed by atoms with Crippen LogP contribution in [0.25, 0.3) is 0 Å². The molecule has 0 radical (unpaired) electrons. The van der Waals surface area contributed by atoms with Gasteiger partial charge in [0.2, 0.25) is 10.0 Å². The van der Waals surface area contributed by atoms with Crippen molar-refractivity contribution in [2.24, 2.45) is 0 Å². The molecule has 0 N–H and O–H groups in total. The van der Waals surface area contributed by atoms with E-state index in [9.17, 15) is 8.42 Å². The van der Waals surface area contributed by atoms with Crippen molar-refractivity contribution in [1.29, 1.82) is 0 Å². The average molecular weight is 241 g/mol. The largest absolute Gasteiger partial charge is 0.379 e. The third kappa shape index (κ3) is 1.98. The van der Waals surface area contributed by atoms with E-state index in [0.717, 1.165) is 5.56 Å². The Labute approximate surface area is 95.9 Å². The zero-order chi connectivity index (χ0) is 11.8. The molecule has 16 heavy (non-hydrogen) atoms. The maximum Gasteiger partial charge on any atom is 0.243 e. The van der Waals surface area contributed by atoms with E-state index in [4.69, 9.17) is 4.74 Å². The van der Waals surface area contributed by atoms with Crippen molar-refractivity contribution < 1.29 is 13.2 Å². The first kappa shape index (κ1) is 11.6. The van der Waals surface area contributed by atoms with E-state index in [1.807, 2.05) is 6.92 Å². The number of hydrogen-bond acceptors (Lipinski definition) is 3. The van der Waals surface area contributed by atoms with Crippen LogP contribution in [0.3, 0.4) is 0 Å². The molecule has 1 aromatic rings. The maximum atomic E-state index is 12.1. The quantitative estimate of drug-likeness (QED) is 0.793. The third-order valence-corrected chi connectivity index (χ3v) is 4.65. The van der Waals surface area contributed by atoms with Crippen LogP contribution in [0.2, 0.25) is 0 Å². The van der Waals surface area contributed by atoms with Gasteiger partial charge in [0.1, 0.15) is 0 Å². The van der Waals surface area contributed by atoms with Gasteiger partial charge in [0.15, 0.2) is 0 Å². The molecule has 0 aliphatic carbocycles. The second kappa shape index (κ2) is 4.16. The van der Waals surface area contributed by atoms with Crippen molar-refractivity contribution in [2.45, 2.75) is 17.9 Å². The lowest BCUT2D eigenvalue weighted by Crippen LogP contribution is -2.54. The predicted octanol–water partition coefficient (Wildman–Crippen LogP) is 1.01. The molecule has 1 aliphatic rings. The minimum Gasteiger partial charge on any atom is -0.379 e. The number of rotatable bonds is 3. The Morgan fingerprint density at radius 3 is 2.31 bits per heavy atom. The fraction of sp³-hybridized carbons (Fsp3) is 0.455. The van der Waals surface area contributed by atoms with Gasteiger partial charge >= 0.3 is 0 Å². The number of benzene rings is 1. The van der Waals surface area contributed by atoms with Gasteiger partial charge in [-0.3, -0.25) is 0 Å². The molecular weight excluding hydrogens is 226 g/mol. The molecule has 0 amide bonds. The molecular formula is C11H15NO3S. The summed E-state index contributed by atoms with van der Waals surface area (Å²) in [5.41, 5.74) is 1.05. The summed E-state index contributed by atoms with van der Waals surface area (Å²) in [6.07, 6.45) is 0.0419. The second-order valence-electron chi connectivity index (χ2n) is 3.99. The summed E-state index contributed by atoms with van der Waals surface area (Å²) in [4.78, 5) is 0.354. The minimum atomic E-state index is -3.31. The van der Waals surface area contributed by atoms with Crippen molar-refractivity contribution >= 4 is 10.0 Å². The fourth-order valence-electron chi connectivity index (χ4n) is 1.61. The number of nitrogens with zero attached hydrogens (tertiary/aromatic N) is 1. The highest BCUT2D eigenvalue weighted by atomic mass is 32.2. The molecule has 2 rings (SSSR count). The highest BCUT2D eigenvalue weighted by Crippen LogP contribution is 2.22. The lowest BCUT2D eigenvalue weighted by atomic mass is 10.2. The Kier molecular flexibility index (Phi) is 3.01. The summed E-state index contributed by atoms with van der Waals surface area (Å²) in [6.45, 7) is 2.83. The fourth-order valence-corrected chi connectivity index (χ4v) is 3.11. The molecule has 0 atom stereocenters. The number of aryl methyl sites for hydroxylation is 1. The number of sulfonamides is 1. The predicted molar refractivity (Wildman–Crippen MR) is 60.7 cm³/mol. The van der Waals surface area contributed by atoms with E-state index in [0.29, 0.717) is 18.0 Å². The topological polar surface area (TPSA) is 46.6 Å². The molecule has 1 aromatic carbocycles. The van der Waals surface area contributed by atoms with Gasteiger partial charge in [-0.2, -0.15) is 4.31 Å². The van der Waals surface area contributed by atoms with Gasteiger partial charge < -0.3 is 4.74 Å². The first-order valence-corrected chi connectivity index (χ1v) is 6.57. The minimum absolute atomic E-state index is 0.0419. The molecule has 5 heteroatoms. The van der Waals surface area contributed by atoms with Crippen molar-refractivity contribution in [1.82, 2.24) is 4.31 Å². The van der Waals surface area contributed by atoms with Crippen molar-refractivity contribution in [2.75, 3.05) is 20.2 Å². The number of ether oxygens (including phenoxy) is 1. The molecule has 88 valence electrons. The Hall–Kier alpha value is -0.910. The van der Waals surface area contributed by atoms with E-state index in [2.05, 4.69) is 0 Å². The zero-order valence-corrected chi connectivity index (χ0v) is 10.2. The molecule has 1 heterocycles. The maximum absolute atomic E-state index is 12.1. The molecule has 4 nitrogen and oxygen atoms in total. The van der Waals surface area contributed by atoms with Crippen LogP contribution >= 0.6 is 0 Å². The molecule has 0 saturated carbocycles. The van der Waals surface area contributed by atoms with Gasteiger partial charge in [-0.15, -0.1) is 0 Å². The Morgan fingerprint density at radius 2 is 1.81 bits per heavy atom. The summed E-state index contributed by atoms with van der Waals surface area (Å²) >= 11 is 0. The van der Waals surface area contributed by atoms with Crippen LogP contribution in [0.1, 0.15) is 5.56 Å². The zero-order valence-electron chi connectivity index (χ0n) is 9.38. The lowest BCUT2D eigenvalue weighted by molar-refractivity contribution is 0.0125. The molecule has 0 bridgehead atoms. The van der Waals surface area contributed by atoms with E-state index in [-0.39, 0.29) is 6.10 Å². The van der Waals surface area contributed by atoms with Crippen LogP contribution in [-0.2, 0) is 14.8 Å². The Bertz CT molecular complexity index is 461. The Morgan fingerprint density at radius 1 is 1.25 bits per heavy atom. The van der Waals surface area contributed by atoms with Crippen LogP contribution in [0, 0.1) is 6.92 Å². The van der Waals surface area contributed by atoms with Crippen LogP contribution < -0.4 is 0 Å². The molecule has 1 fully saturated rings. The lowest BCUT2D eigenvalue weighted by Gasteiger charge is -2.36. The SMILES string of the molecule is COC1CN(S(=O)(=O)c2ccc(C)cc2)C1. The van der Waals surface area contributed by atoms with Crippen LogP contribution in [0.15, 0.2) is 29.2 Å². The highest BCUT2D eigenvalue weighted by Gasteiger charge is 2.36. The average Bonchev–Trinajstić information content (AvgIpc) is 2.16. The third-order valence-electron chi connectivity index (χ3n) is 2.81. The number of methoxy groups -OCH3 is 1. The summed E-state index contributed by atoms with van der Waals surface area (Å²) in [5.74, 6) is 0. The Balaban J connectivity index is 2.17. The van der Waals surface area contributed by atoms with Gasteiger partial charge in [-0.25, -0.2) is 8.42 Å². The van der Waals surface area contributed by atoms with E-state index >= 15 is 0 Å². The summed E-state index contributed by atoms with van der Waals surface area (Å²) < 4.78 is 30.6. The monoisotopic (exact) mass is 241 g/mol. The molecule has 0 spiro atoms. The van der Waals surface area contributed by atoms with Gasteiger partial charge in [0.05, 0.1) is 11.0 Å². The highest BCUT2D eigenvalue weighted by molar-refractivity contribution is 7.89. The molecule has 1 aliphatic heterocycles. The van der Waals surface area contributed by atoms with Gasteiger partial charge in [0, 0.05) is 20.2 Å². The van der Waals surface area contributed by atoms with Crippen molar-refractivity contribution in [3.63, 3.8) is 0 Å². The summed E-state index contributed by atoms with van der Waals surface area (Å²) in [7, 11) is -1.71. The molecule has 0 unspecified atom stereocenters. The van der Waals surface area contributed by atoms with E-state index in [1.165, 1.54) is 4.31 Å². The van der Waals surface area contributed by atoms with Crippen LogP contribution in [0.5, 0.6) is 0 Å². The summed E-state index contributed by atoms with van der Waals surface area (Å²) in [5, 5.41) is 0. The van der Waals surface area contributed by atoms with Crippen LogP contribution in [0.4, 0.5) is 0 Å². The van der Waals surface area contributed by atoms with Crippen molar-refractivity contribution in [3.8, 4) is 0 Å². The first-order chi connectivity index (χ1) is 7.54. The van der Waals surface area contributed by atoms with Gasteiger partial charge in [-0.05, 0) is 19.1 Å². The number of hydrogen-bond donors (Lipinski definition) is 0. The standard InChI is InChI=1S/C11H15NO3S/c1-9-3-5-11(6-4-9)16(13,14)12-7-10(8-12)15-2/h3-6,10H,7-8H2,1-2H3. The molecule has 0 aromatic heterocycles. The van der Waals surface area contributed by atoms with Gasteiger partial charge in [-0.1, -0.05) is 17.7 Å². The van der Waals surface area contributed by atoms with E-state index in [1.54, 1.807) is 31.4 Å². The van der Waals surface area contributed by atoms with Crippen molar-refractivity contribution in [3.05, 3.63) is 29.8 Å².